The van der Waals surface area contributed by atoms with Crippen molar-refractivity contribution in [3.05, 3.63) is 58.1 Å². The highest BCUT2D eigenvalue weighted by molar-refractivity contribution is 5.65. The van der Waals surface area contributed by atoms with Gasteiger partial charge in [-0.1, -0.05) is 6.07 Å². The van der Waals surface area contributed by atoms with E-state index in [4.69, 9.17) is 4.74 Å². The van der Waals surface area contributed by atoms with Gasteiger partial charge in [0.2, 0.25) is 0 Å². The summed E-state index contributed by atoms with van der Waals surface area (Å²) in [6.45, 7) is 3.55. The molecule has 26 heavy (non-hydrogen) atoms. The fourth-order valence-electron chi connectivity index (χ4n) is 3.44. The third-order valence-corrected chi connectivity index (χ3v) is 4.94. The van der Waals surface area contributed by atoms with Crippen LogP contribution in [0.15, 0.2) is 42.5 Å². The van der Waals surface area contributed by atoms with Crippen LogP contribution in [-0.4, -0.2) is 24.6 Å². The molecule has 138 valence electrons. The molecule has 0 aromatic heterocycles. The van der Waals surface area contributed by atoms with E-state index in [1.54, 1.807) is 13.2 Å². The number of nitrogens with zero attached hydrogens (tertiary/aromatic N) is 2. The lowest BCUT2D eigenvalue weighted by Gasteiger charge is -2.35. The van der Waals surface area contributed by atoms with E-state index in [-0.39, 0.29) is 10.6 Å². The molecule has 2 aromatic carbocycles. The first-order valence-electron chi connectivity index (χ1n) is 9.00. The molecule has 1 fully saturated rings. The Kier molecular flexibility index (Phi) is 5.61. The first kappa shape index (κ1) is 18.0. The van der Waals surface area contributed by atoms with Gasteiger partial charge in [-0.05, 0) is 62.1 Å². The summed E-state index contributed by atoms with van der Waals surface area (Å²) in [5, 5.41) is 14.9. The van der Waals surface area contributed by atoms with E-state index in [0.29, 0.717) is 12.6 Å². The number of rotatable bonds is 6. The topological polar surface area (TPSA) is 67.6 Å². The number of hydrogen-bond donors (Lipinski definition) is 1. The molecule has 3 rings (SSSR count). The van der Waals surface area contributed by atoms with E-state index in [0.717, 1.165) is 42.1 Å². The molecule has 0 unspecified atom stereocenters. The summed E-state index contributed by atoms with van der Waals surface area (Å²) in [7, 11) is 1.63. The lowest BCUT2D eigenvalue weighted by molar-refractivity contribution is -0.384. The molecule has 1 aliphatic heterocycles. The lowest BCUT2D eigenvalue weighted by atomic mass is 10.0. The maximum Gasteiger partial charge on any atom is 0.292 e. The Bertz CT molecular complexity index is 761. The average molecular weight is 355 g/mol. The molecule has 0 amide bonds. The zero-order valence-corrected chi connectivity index (χ0v) is 15.3. The number of nitro groups is 1. The Morgan fingerprint density at radius 2 is 2.00 bits per heavy atom. The van der Waals surface area contributed by atoms with E-state index in [1.807, 2.05) is 36.4 Å². The molecule has 6 nitrogen and oxygen atoms in total. The minimum Gasteiger partial charge on any atom is -0.497 e. The second kappa shape index (κ2) is 8.08. The Balaban J connectivity index is 1.76. The Labute approximate surface area is 153 Å². The van der Waals surface area contributed by atoms with Gasteiger partial charge in [-0.25, -0.2) is 0 Å². The second-order valence-corrected chi connectivity index (χ2v) is 6.70. The number of ether oxygens (including phenoxy) is 1. The molecule has 0 radical (unpaired) electrons. The van der Waals surface area contributed by atoms with Crippen molar-refractivity contribution in [2.75, 3.05) is 23.9 Å². The highest BCUT2D eigenvalue weighted by Crippen LogP contribution is 2.33. The van der Waals surface area contributed by atoms with Crippen LogP contribution in [0.5, 0.6) is 5.75 Å². The van der Waals surface area contributed by atoms with Crippen LogP contribution in [0.25, 0.3) is 0 Å². The summed E-state index contributed by atoms with van der Waals surface area (Å²) in [6.07, 6.45) is 3.36. The summed E-state index contributed by atoms with van der Waals surface area (Å²) < 4.78 is 5.15. The molecule has 0 bridgehead atoms. The van der Waals surface area contributed by atoms with Crippen LogP contribution >= 0.6 is 0 Å². The van der Waals surface area contributed by atoms with E-state index >= 15 is 0 Å². The van der Waals surface area contributed by atoms with Gasteiger partial charge in [0.1, 0.15) is 11.4 Å². The third kappa shape index (κ3) is 4.07. The first-order valence-corrected chi connectivity index (χ1v) is 9.00. The normalized spacial score (nSPS) is 17.0. The van der Waals surface area contributed by atoms with Crippen molar-refractivity contribution in [3.63, 3.8) is 0 Å². The first-order chi connectivity index (χ1) is 12.6. The van der Waals surface area contributed by atoms with Gasteiger partial charge in [0.15, 0.2) is 0 Å². The highest BCUT2D eigenvalue weighted by atomic mass is 16.6. The van der Waals surface area contributed by atoms with Crippen molar-refractivity contribution in [1.29, 1.82) is 0 Å². The number of benzene rings is 2. The van der Waals surface area contributed by atoms with Gasteiger partial charge in [-0.15, -0.1) is 0 Å². The van der Waals surface area contributed by atoms with Crippen LogP contribution in [0, 0.1) is 10.1 Å². The summed E-state index contributed by atoms with van der Waals surface area (Å²) in [4.78, 5) is 13.5. The summed E-state index contributed by atoms with van der Waals surface area (Å²) in [5.41, 5.74) is 2.76. The smallest absolute Gasteiger partial charge is 0.292 e. The predicted octanol–water partition coefficient (Wildman–Crippen LogP) is 4.59. The van der Waals surface area contributed by atoms with Crippen molar-refractivity contribution in [2.24, 2.45) is 0 Å². The number of anilines is 2. The van der Waals surface area contributed by atoms with Crippen molar-refractivity contribution in [2.45, 2.75) is 38.8 Å². The molecule has 6 heteroatoms. The monoisotopic (exact) mass is 355 g/mol. The fourth-order valence-corrected chi connectivity index (χ4v) is 3.44. The summed E-state index contributed by atoms with van der Waals surface area (Å²) in [5.74, 6) is 0.797. The van der Waals surface area contributed by atoms with Gasteiger partial charge in [-0.2, -0.15) is 0 Å². The lowest BCUT2D eigenvalue weighted by Crippen LogP contribution is -2.37. The number of piperidine rings is 1. The van der Waals surface area contributed by atoms with Gasteiger partial charge in [0, 0.05) is 30.9 Å². The molecule has 2 aromatic rings. The standard InChI is InChI=1S/C20H25N3O3/c1-15-5-3-4-12-22(15)19-11-6-16(13-20(19)23(24)25)14-21-17-7-9-18(26-2)10-8-17/h6-11,13,15,21H,3-5,12,14H2,1-2H3/t15-/m0/s1. The maximum atomic E-state index is 11.6. The number of nitro benzene ring substituents is 1. The number of hydrogen-bond acceptors (Lipinski definition) is 5. The fraction of sp³-hybridized carbons (Fsp3) is 0.400. The van der Waals surface area contributed by atoms with E-state index in [1.165, 1.54) is 6.42 Å². The Hall–Kier alpha value is -2.76. The largest absolute Gasteiger partial charge is 0.497 e. The minimum absolute atomic E-state index is 0.188. The maximum absolute atomic E-state index is 11.6. The van der Waals surface area contributed by atoms with Gasteiger partial charge in [0.25, 0.3) is 5.69 Å². The summed E-state index contributed by atoms with van der Waals surface area (Å²) in [6, 6.07) is 13.5. The molecule has 1 aliphatic rings. The quantitative estimate of drug-likeness (QED) is 0.606. The second-order valence-electron chi connectivity index (χ2n) is 6.70. The van der Waals surface area contributed by atoms with E-state index in [2.05, 4.69) is 17.1 Å². The van der Waals surface area contributed by atoms with Gasteiger partial charge in [-0.3, -0.25) is 10.1 Å². The highest BCUT2D eigenvalue weighted by Gasteiger charge is 2.25. The zero-order valence-electron chi connectivity index (χ0n) is 15.3. The molecule has 1 heterocycles. The van der Waals surface area contributed by atoms with Crippen molar-refractivity contribution in [1.82, 2.24) is 0 Å². The van der Waals surface area contributed by atoms with E-state index in [9.17, 15) is 10.1 Å². The molecule has 0 aliphatic carbocycles. The van der Waals surface area contributed by atoms with Crippen molar-refractivity contribution >= 4 is 17.1 Å². The van der Waals surface area contributed by atoms with Gasteiger partial charge < -0.3 is 15.0 Å². The van der Waals surface area contributed by atoms with Crippen LogP contribution < -0.4 is 15.0 Å². The molecule has 1 saturated heterocycles. The third-order valence-electron chi connectivity index (χ3n) is 4.94. The average Bonchev–Trinajstić information content (AvgIpc) is 2.67. The van der Waals surface area contributed by atoms with E-state index < -0.39 is 0 Å². The van der Waals surface area contributed by atoms with Crippen LogP contribution in [-0.2, 0) is 6.54 Å². The Morgan fingerprint density at radius 1 is 1.23 bits per heavy atom. The molecule has 1 N–H and O–H groups in total. The Morgan fingerprint density at radius 3 is 2.65 bits per heavy atom. The van der Waals surface area contributed by atoms with Gasteiger partial charge >= 0.3 is 0 Å². The zero-order chi connectivity index (χ0) is 18.5. The minimum atomic E-state index is -0.270. The molecular weight excluding hydrogens is 330 g/mol. The summed E-state index contributed by atoms with van der Waals surface area (Å²) >= 11 is 0. The molecule has 0 saturated carbocycles. The van der Waals surface area contributed by atoms with Crippen molar-refractivity contribution in [3.8, 4) is 5.75 Å². The van der Waals surface area contributed by atoms with Crippen LogP contribution in [0.3, 0.4) is 0 Å². The van der Waals surface area contributed by atoms with Crippen molar-refractivity contribution < 1.29 is 9.66 Å². The SMILES string of the molecule is COc1ccc(NCc2ccc(N3CCCC[C@@H]3C)c([N+](=O)[O-])c2)cc1. The molecular formula is C20H25N3O3. The van der Waals surface area contributed by atoms with Crippen LogP contribution in [0.2, 0.25) is 0 Å². The molecule has 0 spiro atoms. The predicted molar refractivity (Wildman–Crippen MR) is 104 cm³/mol. The molecule has 1 atom stereocenters. The number of nitrogens with one attached hydrogen (secondary N) is 1. The number of methoxy groups -OCH3 is 1. The van der Waals surface area contributed by atoms with Crippen LogP contribution in [0.1, 0.15) is 31.7 Å². The van der Waals surface area contributed by atoms with Gasteiger partial charge in [0.05, 0.1) is 12.0 Å². The van der Waals surface area contributed by atoms with Crippen LogP contribution in [0.4, 0.5) is 17.1 Å².